The van der Waals surface area contributed by atoms with Crippen LogP contribution in [0.2, 0.25) is 0 Å². The third-order valence-corrected chi connectivity index (χ3v) is 5.15. The zero-order valence-corrected chi connectivity index (χ0v) is 12.3. The van der Waals surface area contributed by atoms with Gasteiger partial charge in [0.15, 0.2) is 10.7 Å². The molecular weight excluding hydrogens is 292 g/mol. The maximum atomic E-state index is 12.1. The van der Waals surface area contributed by atoms with Crippen molar-refractivity contribution in [2.75, 3.05) is 16.8 Å². The highest BCUT2D eigenvalue weighted by Crippen LogP contribution is 2.30. The van der Waals surface area contributed by atoms with Gasteiger partial charge < -0.3 is 5.11 Å². The Balaban J connectivity index is 1.73. The van der Waals surface area contributed by atoms with Crippen LogP contribution in [0.15, 0.2) is 35.7 Å². The van der Waals surface area contributed by atoms with E-state index in [1.54, 1.807) is 11.8 Å². The van der Waals surface area contributed by atoms with Gasteiger partial charge in [-0.2, -0.15) is 11.8 Å². The molecule has 1 aliphatic rings. The number of nitrogens with zero attached hydrogens (tertiary/aromatic N) is 1. The zero-order valence-electron chi connectivity index (χ0n) is 10.7. The van der Waals surface area contributed by atoms with E-state index < -0.39 is 5.60 Å². The number of amides is 1. The van der Waals surface area contributed by atoms with Crippen molar-refractivity contribution < 1.29 is 9.90 Å². The Morgan fingerprint density at radius 1 is 1.35 bits per heavy atom. The summed E-state index contributed by atoms with van der Waals surface area (Å²) in [5.74, 6) is 0.920. The first-order valence-electron chi connectivity index (χ1n) is 6.30. The van der Waals surface area contributed by atoms with Crippen LogP contribution in [0.1, 0.15) is 6.42 Å². The van der Waals surface area contributed by atoms with E-state index in [4.69, 9.17) is 0 Å². The summed E-state index contributed by atoms with van der Waals surface area (Å²) in [6.07, 6.45) is 0.500. The molecule has 0 aliphatic carbocycles. The van der Waals surface area contributed by atoms with Gasteiger partial charge in [0.05, 0.1) is 5.69 Å². The van der Waals surface area contributed by atoms with Crippen LogP contribution in [0, 0.1) is 0 Å². The topological polar surface area (TPSA) is 62.2 Å². The van der Waals surface area contributed by atoms with Crippen LogP contribution in [0.3, 0.4) is 0 Å². The first-order valence-corrected chi connectivity index (χ1v) is 8.33. The first-order chi connectivity index (χ1) is 9.67. The largest absolute Gasteiger partial charge is 0.379 e. The van der Waals surface area contributed by atoms with Crippen molar-refractivity contribution in [3.05, 3.63) is 35.7 Å². The molecule has 6 heteroatoms. The monoisotopic (exact) mass is 306 g/mol. The first kappa shape index (κ1) is 13.6. The van der Waals surface area contributed by atoms with Crippen LogP contribution in [0.4, 0.5) is 5.13 Å². The van der Waals surface area contributed by atoms with Crippen molar-refractivity contribution in [3.8, 4) is 11.3 Å². The lowest BCUT2D eigenvalue weighted by Crippen LogP contribution is -2.42. The Morgan fingerprint density at radius 3 is 2.85 bits per heavy atom. The Hall–Kier alpha value is -1.37. The van der Waals surface area contributed by atoms with Gasteiger partial charge in [-0.25, -0.2) is 4.98 Å². The molecule has 2 N–H and O–H groups in total. The highest BCUT2D eigenvalue weighted by molar-refractivity contribution is 7.99. The van der Waals surface area contributed by atoms with Crippen LogP contribution in [-0.2, 0) is 4.79 Å². The number of carbonyl (C=O) groups is 1. The van der Waals surface area contributed by atoms with E-state index in [1.807, 2.05) is 35.7 Å². The molecule has 3 rings (SSSR count). The van der Waals surface area contributed by atoms with Gasteiger partial charge in [0.2, 0.25) is 0 Å². The van der Waals surface area contributed by atoms with Crippen molar-refractivity contribution >= 4 is 34.1 Å². The average molecular weight is 306 g/mol. The summed E-state index contributed by atoms with van der Waals surface area (Å²) in [6, 6.07) is 9.80. The van der Waals surface area contributed by atoms with Gasteiger partial charge in [0.25, 0.3) is 5.91 Å². The molecule has 2 aromatic rings. The number of carbonyl (C=O) groups excluding carboxylic acids is 1. The SMILES string of the molecule is O=C(Nc1nc(-c2ccccc2)cs1)C1(O)CCSC1. The highest BCUT2D eigenvalue weighted by atomic mass is 32.2. The maximum Gasteiger partial charge on any atom is 0.259 e. The van der Waals surface area contributed by atoms with E-state index in [2.05, 4.69) is 10.3 Å². The number of rotatable bonds is 3. The second-order valence-corrected chi connectivity index (χ2v) is 6.66. The van der Waals surface area contributed by atoms with E-state index in [1.165, 1.54) is 11.3 Å². The lowest BCUT2D eigenvalue weighted by molar-refractivity contribution is -0.131. The minimum atomic E-state index is -1.25. The third kappa shape index (κ3) is 2.72. The number of anilines is 1. The Bertz CT molecular complexity index is 607. The number of nitrogens with one attached hydrogen (secondary N) is 1. The molecule has 104 valence electrons. The molecule has 0 radical (unpaired) electrons. The number of thiazole rings is 1. The van der Waals surface area contributed by atoms with Gasteiger partial charge in [0.1, 0.15) is 0 Å². The van der Waals surface area contributed by atoms with E-state index in [9.17, 15) is 9.90 Å². The van der Waals surface area contributed by atoms with E-state index in [0.717, 1.165) is 17.0 Å². The minimum Gasteiger partial charge on any atom is -0.379 e. The van der Waals surface area contributed by atoms with Crippen LogP contribution >= 0.6 is 23.1 Å². The highest BCUT2D eigenvalue weighted by Gasteiger charge is 2.39. The second kappa shape index (κ2) is 5.55. The summed E-state index contributed by atoms with van der Waals surface area (Å²) < 4.78 is 0. The number of hydrogen-bond acceptors (Lipinski definition) is 5. The van der Waals surface area contributed by atoms with Crippen molar-refractivity contribution in [3.63, 3.8) is 0 Å². The second-order valence-electron chi connectivity index (χ2n) is 4.69. The number of thioether (sulfide) groups is 1. The number of benzene rings is 1. The number of hydrogen-bond donors (Lipinski definition) is 2. The van der Waals surface area contributed by atoms with Gasteiger partial charge in [-0.1, -0.05) is 30.3 Å². The summed E-state index contributed by atoms with van der Waals surface area (Å²) in [5.41, 5.74) is 0.599. The molecular formula is C14H14N2O2S2. The molecule has 1 fully saturated rings. The van der Waals surface area contributed by atoms with Crippen molar-refractivity contribution in [2.45, 2.75) is 12.0 Å². The molecule has 2 heterocycles. The summed E-state index contributed by atoms with van der Waals surface area (Å²) >= 11 is 2.96. The van der Waals surface area contributed by atoms with Gasteiger partial charge in [-0.05, 0) is 12.2 Å². The normalized spacial score (nSPS) is 21.9. The zero-order chi connectivity index (χ0) is 14.0. The average Bonchev–Trinajstić information content (AvgIpc) is 3.10. The molecule has 0 bridgehead atoms. The summed E-state index contributed by atoms with van der Waals surface area (Å²) in [7, 11) is 0. The van der Waals surface area contributed by atoms with Gasteiger partial charge >= 0.3 is 0 Å². The van der Waals surface area contributed by atoms with Crippen LogP contribution in [-0.4, -0.2) is 33.1 Å². The van der Waals surface area contributed by atoms with Crippen molar-refractivity contribution in [2.24, 2.45) is 0 Å². The van der Waals surface area contributed by atoms with Gasteiger partial charge in [-0.3, -0.25) is 10.1 Å². The van der Waals surface area contributed by atoms with E-state index in [-0.39, 0.29) is 5.91 Å². The number of aromatic nitrogens is 1. The molecule has 0 spiro atoms. The predicted octanol–water partition coefficient (Wildman–Crippen LogP) is 2.62. The molecule has 1 aromatic heterocycles. The van der Waals surface area contributed by atoms with Gasteiger partial charge in [0, 0.05) is 16.7 Å². The maximum absolute atomic E-state index is 12.1. The molecule has 1 aromatic carbocycles. The van der Waals surface area contributed by atoms with Crippen molar-refractivity contribution in [1.82, 2.24) is 4.98 Å². The fraction of sp³-hybridized carbons (Fsp3) is 0.286. The van der Waals surface area contributed by atoms with Gasteiger partial charge in [-0.15, -0.1) is 11.3 Å². The van der Waals surface area contributed by atoms with E-state index in [0.29, 0.717) is 17.3 Å². The minimum absolute atomic E-state index is 0.350. The van der Waals surface area contributed by atoms with Crippen molar-refractivity contribution in [1.29, 1.82) is 0 Å². The van der Waals surface area contributed by atoms with Crippen LogP contribution < -0.4 is 5.32 Å². The van der Waals surface area contributed by atoms with Crippen LogP contribution in [0.5, 0.6) is 0 Å². The Kier molecular flexibility index (Phi) is 3.78. The summed E-state index contributed by atoms with van der Waals surface area (Å²) in [4.78, 5) is 16.5. The lowest BCUT2D eigenvalue weighted by Gasteiger charge is -2.18. The lowest BCUT2D eigenvalue weighted by atomic mass is 10.0. The molecule has 1 unspecified atom stereocenters. The third-order valence-electron chi connectivity index (χ3n) is 3.22. The van der Waals surface area contributed by atoms with E-state index >= 15 is 0 Å². The predicted molar refractivity (Wildman–Crippen MR) is 83.1 cm³/mol. The Labute approximate surface area is 125 Å². The molecule has 1 saturated heterocycles. The molecule has 0 saturated carbocycles. The molecule has 1 amide bonds. The smallest absolute Gasteiger partial charge is 0.259 e. The van der Waals surface area contributed by atoms with Crippen LogP contribution in [0.25, 0.3) is 11.3 Å². The molecule has 1 atom stereocenters. The molecule has 4 nitrogen and oxygen atoms in total. The Morgan fingerprint density at radius 2 is 2.15 bits per heavy atom. The molecule has 1 aliphatic heterocycles. The molecule has 20 heavy (non-hydrogen) atoms. The summed E-state index contributed by atoms with van der Waals surface area (Å²) in [6.45, 7) is 0. The standard InChI is InChI=1S/C14H14N2O2S2/c17-12(14(18)6-7-19-9-14)16-13-15-11(8-20-13)10-4-2-1-3-5-10/h1-5,8,18H,6-7,9H2,(H,15,16,17). The quantitative estimate of drug-likeness (QED) is 0.915. The number of aliphatic hydroxyl groups is 1. The summed E-state index contributed by atoms with van der Waals surface area (Å²) in [5, 5.41) is 15.3. The fourth-order valence-electron chi connectivity index (χ4n) is 2.02. The fourth-order valence-corrected chi connectivity index (χ4v) is 3.97.